The molecule has 6 heteroatoms. The van der Waals surface area contributed by atoms with Crippen molar-refractivity contribution in [2.75, 3.05) is 0 Å². The van der Waals surface area contributed by atoms with E-state index in [1.165, 1.54) is 11.1 Å². The summed E-state index contributed by atoms with van der Waals surface area (Å²) in [6.45, 7) is 5.26. The zero-order valence-electron chi connectivity index (χ0n) is 17.7. The van der Waals surface area contributed by atoms with E-state index >= 15 is 0 Å². The average Bonchev–Trinajstić information content (AvgIpc) is 3.40. The fraction of sp³-hybridized carbons (Fsp3) is 0.200. The van der Waals surface area contributed by atoms with Crippen molar-refractivity contribution in [3.05, 3.63) is 105 Å². The first-order chi connectivity index (χ1) is 15.1. The molecule has 0 fully saturated rings. The van der Waals surface area contributed by atoms with Crippen molar-refractivity contribution in [1.29, 1.82) is 0 Å². The van der Waals surface area contributed by atoms with Crippen molar-refractivity contribution >= 4 is 29.0 Å². The lowest BCUT2D eigenvalue weighted by Gasteiger charge is -2.10. The van der Waals surface area contributed by atoms with Gasteiger partial charge >= 0.3 is 0 Å². The summed E-state index contributed by atoms with van der Waals surface area (Å²) in [5, 5.41) is 12.0. The van der Waals surface area contributed by atoms with E-state index in [2.05, 4.69) is 41.2 Å². The Labute approximate surface area is 191 Å². The highest BCUT2D eigenvalue weighted by Gasteiger charge is 2.15. The highest BCUT2D eigenvalue weighted by atomic mass is 32.2. The van der Waals surface area contributed by atoms with Crippen LogP contribution >= 0.6 is 23.1 Å². The van der Waals surface area contributed by atoms with Crippen LogP contribution in [0.25, 0.3) is 0 Å². The summed E-state index contributed by atoms with van der Waals surface area (Å²) in [5.74, 6) is 0.807. The van der Waals surface area contributed by atoms with Crippen LogP contribution in [0.1, 0.15) is 38.4 Å². The fourth-order valence-electron chi connectivity index (χ4n) is 3.48. The number of rotatable bonds is 8. The zero-order valence-corrected chi connectivity index (χ0v) is 19.3. The second-order valence-corrected chi connectivity index (χ2v) is 9.19. The third-order valence-corrected chi connectivity index (χ3v) is 7.12. The van der Waals surface area contributed by atoms with Gasteiger partial charge in [0.1, 0.15) is 0 Å². The molecule has 2 aromatic heterocycles. The number of nitrogens with one attached hydrogen (secondary N) is 1. The normalized spacial score (nSPS) is 10.9. The molecule has 0 unspecified atom stereocenters. The predicted molar refractivity (Wildman–Crippen MR) is 129 cm³/mol. The Morgan fingerprint density at radius 3 is 2.58 bits per heavy atom. The van der Waals surface area contributed by atoms with Crippen LogP contribution in [0.15, 0.2) is 76.3 Å². The van der Waals surface area contributed by atoms with E-state index in [9.17, 15) is 4.79 Å². The smallest absolute Gasteiger partial charge is 0.252 e. The quantitative estimate of drug-likeness (QED) is 0.346. The van der Waals surface area contributed by atoms with Crippen molar-refractivity contribution in [2.24, 2.45) is 0 Å². The number of nitrogens with zero attached hydrogens (tertiary/aromatic N) is 2. The Balaban J connectivity index is 1.43. The lowest BCUT2D eigenvalue weighted by atomic mass is 10.1. The zero-order chi connectivity index (χ0) is 21.6. The molecule has 2 aromatic carbocycles. The van der Waals surface area contributed by atoms with Gasteiger partial charge in [-0.2, -0.15) is 16.4 Å². The Morgan fingerprint density at radius 1 is 1.03 bits per heavy atom. The molecule has 0 spiro atoms. The van der Waals surface area contributed by atoms with Crippen LogP contribution in [0.3, 0.4) is 0 Å². The first-order valence-electron chi connectivity index (χ1n) is 10.2. The number of aromatic nitrogens is 2. The van der Waals surface area contributed by atoms with E-state index in [0.29, 0.717) is 6.54 Å². The number of amides is 1. The first kappa shape index (κ1) is 21.4. The number of hydrogen-bond acceptors (Lipinski definition) is 4. The van der Waals surface area contributed by atoms with Crippen LogP contribution in [0.2, 0.25) is 0 Å². The Morgan fingerprint density at radius 2 is 1.81 bits per heavy atom. The minimum Gasteiger partial charge on any atom is -0.348 e. The van der Waals surface area contributed by atoms with Gasteiger partial charge in [-0.05, 0) is 53.9 Å². The number of thioether (sulfide) groups is 1. The second-order valence-electron chi connectivity index (χ2n) is 7.39. The molecule has 0 aliphatic rings. The molecule has 0 aliphatic carbocycles. The number of benzene rings is 2. The predicted octanol–water partition coefficient (Wildman–Crippen LogP) is 5.83. The van der Waals surface area contributed by atoms with Gasteiger partial charge in [0.25, 0.3) is 5.91 Å². The van der Waals surface area contributed by atoms with E-state index in [1.54, 1.807) is 23.1 Å². The summed E-state index contributed by atoms with van der Waals surface area (Å²) in [4.78, 5) is 14.0. The van der Waals surface area contributed by atoms with Crippen LogP contribution in [-0.4, -0.2) is 15.7 Å². The molecule has 4 aromatic rings. The molecule has 158 valence electrons. The van der Waals surface area contributed by atoms with Crippen molar-refractivity contribution in [3.8, 4) is 0 Å². The van der Waals surface area contributed by atoms with Gasteiger partial charge in [0.2, 0.25) is 0 Å². The Bertz CT molecular complexity index is 1150. The summed E-state index contributed by atoms with van der Waals surface area (Å²) in [6.07, 6.45) is 0. The second kappa shape index (κ2) is 9.98. The van der Waals surface area contributed by atoms with Crippen LogP contribution in [0, 0.1) is 13.8 Å². The molecule has 31 heavy (non-hydrogen) atoms. The molecule has 0 atom stereocenters. The molecular weight excluding hydrogens is 422 g/mol. The van der Waals surface area contributed by atoms with Gasteiger partial charge in [0, 0.05) is 28.5 Å². The number of carbonyl (C=O) groups excluding carboxylic acids is 1. The monoisotopic (exact) mass is 447 g/mol. The molecule has 0 bridgehead atoms. The van der Waals surface area contributed by atoms with Gasteiger partial charge in [-0.3, -0.25) is 9.48 Å². The van der Waals surface area contributed by atoms with Crippen LogP contribution in [0.4, 0.5) is 0 Å². The molecule has 2 heterocycles. The molecule has 0 aliphatic heterocycles. The minimum absolute atomic E-state index is 0.0528. The van der Waals surface area contributed by atoms with Gasteiger partial charge < -0.3 is 5.32 Å². The van der Waals surface area contributed by atoms with Crippen molar-refractivity contribution in [1.82, 2.24) is 15.1 Å². The Hall–Kier alpha value is -2.83. The summed E-state index contributed by atoms with van der Waals surface area (Å²) in [5.41, 5.74) is 6.32. The topological polar surface area (TPSA) is 46.9 Å². The lowest BCUT2D eigenvalue weighted by Crippen LogP contribution is -2.24. The number of thiophene rings is 1. The number of aryl methyl sites for hydroxylation is 1. The fourth-order valence-corrected chi connectivity index (χ4v) is 5.25. The van der Waals surface area contributed by atoms with Gasteiger partial charge in [-0.15, -0.1) is 11.8 Å². The highest BCUT2D eigenvalue weighted by Crippen LogP contribution is 2.27. The third-order valence-electron chi connectivity index (χ3n) is 5.24. The van der Waals surface area contributed by atoms with E-state index in [4.69, 9.17) is 5.10 Å². The summed E-state index contributed by atoms with van der Waals surface area (Å²) < 4.78 is 2.01. The van der Waals surface area contributed by atoms with E-state index in [0.717, 1.165) is 39.7 Å². The molecule has 0 saturated carbocycles. The number of carbonyl (C=O) groups is 1. The lowest BCUT2D eigenvalue weighted by molar-refractivity contribution is 0.0948. The molecule has 4 rings (SSSR count). The van der Waals surface area contributed by atoms with Gasteiger partial charge in [0.15, 0.2) is 0 Å². The maximum atomic E-state index is 13.0. The molecular formula is C25H25N3OS2. The minimum atomic E-state index is -0.0528. The molecule has 1 N–H and O–H groups in total. The van der Waals surface area contributed by atoms with E-state index in [1.807, 2.05) is 54.1 Å². The summed E-state index contributed by atoms with van der Waals surface area (Å²) >= 11 is 3.39. The van der Waals surface area contributed by atoms with Gasteiger partial charge in [-0.25, -0.2) is 0 Å². The molecule has 0 saturated heterocycles. The largest absolute Gasteiger partial charge is 0.348 e. The van der Waals surface area contributed by atoms with E-state index < -0.39 is 0 Å². The van der Waals surface area contributed by atoms with Crippen molar-refractivity contribution in [2.45, 2.75) is 37.6 Å². The molecule has 4 nitrogen and oxygen atoms in total. The van der Waals surface area contributed by atoms with Crippen LogP contribution < -0.4 is 5.32 Å². The van der Waals surface area contributed by atoms with E-state index in [-0.39, 0.29) is 5.91 Å². The van der Waals surface area contributed by atoms with Crippen molar-refractivity contribution < 1.29 is 4.79 Å². The van der Waals surface area contributed by atoms with Crippen LogP contribution in [-0.2, 0) is 18.8 Å². The Kier molecular flexibility index (Phi) is 6.89. The highest BCUT2D eigenvalue weighted by molar-refractivity contribution is 7.98. The van der Waals surface area contributed by atoms with Crippen molar-refractivity contribution in [3.63, 3.8) is 0 Å². The third kappa shape index (κ3) is 5.27. The summed E-state index contributed by atoms with van der Waals surface area (Å²) in [6, 6.07) is 20.2. The SMILES string of the molecule is Cc1nn(Cc2ccccc2)c(C)c1CNC(=O)c1ccccc1SCc1ccsc1. The maximum Gasteiger partial charge on any atom is 0.252 e. The molecule has 1 amide bonds. The maximum absolute atomic E-state index is 13.0. The average molecular weight is 448 g/mol. The van der Waals surface area contributed by atoms with Gasteiger partial charge in [-0.1, -0.05) is 42.5 Å². The molecule has 0 radical (unpaired) electrons. The first-order valence-corrected chi connectivity index (χ1v) is 12.1. The standard InChI is InChI=1S/C25H25N3OS2/c1-18-23(19(2)28(27-18)15-20-8-4-3-5-9-20)14-26-25(29)22-10-6-7-11-24(22)31-17-21-12-13-30-16-21/h3-13,16H,14-15,17H2,1-2H3,(H,26,29). The summed E-state index contributed by atoms with van der Waals surface area (Å²) in [7, 11) is 0. The van der Waals surface area contributed by atoms with Crippen LogP contribution in [0.5, 0.6) is 0 Å². The van der Waals surface area contributed by atoms with Gasteiger partial charge in [0.05, 0.1) is 17.8 Å². The number of hydrogen-bond donors (Lipinski definition) is 1.